The maximum Gasteiger partial charge on any atom is 0.253 e. The fraction of sp³-hybridized carbons (Fsp3) is 0.227. The van der Waals surface area contributed by atoms with E-state index in [0.29, 0.717) is 17.9 Å². The van der Waals surface area contributed by atoms with E-state index in [4.69, 9.17) is 9.97 Å². The normalized spacial score (nSPS) is 14.3. The zero-order valence-electron chi connectivity index (χ0n) is 16.7. The van der Waals surface area contributed by atoms with Crippen LogP contribution in [0.5, 0.6) is 0 Å². The molecule has 0 unspecified atom stereocenters. The Kier molecular flexibility index (Phi) is 4.39. The van der Waals surface area contributed by atoms with Crippen LogP contribution in [-0.2, 0) is 6.42 Å². The molecular formula is C22H21N7O. The highest BCUT2D eigenvalue weighted by Crippen LogP contribution is 2.30. The fourth-order valence-corrected chi connectivity index (χ4v) is 3.77. The summed E-state index contributed by atoms with van der Waals surface area (Å²) in [5.41, 5.74) is 6.65. The molecule has 8 heteroatoms. The lowest BCUT2D eigenvalue weighted by Gasteiger charge is -2.16. The summed E-state index contributed by atoms with van der Waals surface area (Å²) < 4.78 is 0. The highest BCUT2D eigenvalue weighted by atomic mass is 16.1. The maximum atomic E-state index is 12.2. The minimum absolute atomic E-state index is 0.0407. The van der Waals surface area contributed by atoms with Crippen molar-refractivity contribution in [1.82, 2.24) is 30.2 Å². The van der Waals surface area contributed by atoms with Crippen molar-refractivity contribution in [2.45, 2.75) is 26.3 Å². The van der Waals surface area contributed by atoms with E-state index in [1.54, 1.807) is 18.6 Å². The summed E-state index contributed by atoms with van der Waals surface area (Å²) in [5.74, 6) is 0.656. The van der Waals surface area contributed by atoms with E-state index < -0.39 is 0 Å². The third-order valence-electron chi connectivity index (χ3n) is 5.34. The predicted octanol–water partition coefficient (Wildman–Crippen LogP) is 3.18. The standard InChI is InChI=1S/C22H21N7O/c1-12(19-11-23-8-9-24-19)27-21-13(2)26-17-5-3-4-14(20(17)29-21)18-10-15-16(28-18)6-7-25-22(15)30/h3-5,8-12,28H,6-7H2,1-2H3,(H,25,30)(H,27,29)/t12-/m1/s1. The van der Waals surface area contributed by atoms with Crippen molar-refractivity contribution < 1.29 is 4.79 Å². The van der Waals surface area contributed by atoms with Crippen molar-refractivity contribution in [2.24, 2.45) is 0 Å². The number of hydrogen-bond donors (Lipinski definition) is 3. The summed E-state index contributed by atoms with van der Waals surface area (Å²) in [7, 11) is 0. The largest absolute Gasteiger partial charge is 0.360 e. The van der Waals surface area contributed by atoms with Crippen LogP contribution in [0.25, 0.3) is 22.3 Å². The van der Waals surface area contributed by atoms with Gasteiger partial charge in [0.05, 0.1) is 34.7 Å². The van der Waals surface area contributed by atoms with Gasteiger partial charge in [0.25, 0.3) is 5.91 Å². The number of fused-ring (bicyclic) bond motifs is 2. The first-order valence-electron chi connectivity index (χ1n) is 9.90. The van der Waals surface area contributed by atoms with Gasteiger partial charge >= 0.3 is 0 Å². The number of carbonyl (C=O) groups excluding carboxylic acids is 1. The van der Waals surface area contributed by atoms with Gasteiger partial charge in [-0.25, -0.2) is 9.97 Å². The predicted molar refractivity (Wildman–Crippen MR) is 114 cm³/mol. The molecule has 1 aliphatic heterocycles. The van der Waals surface area contributed by atoms with Crippen molar-refractivity contribution in [3.05, 3.63) is 65.5 Å². The number of carbonyl (C=O) groups is 1. The molecule has 0 aliphatic carbocycles. The average molecular weight is 399 g/mol. The lowest BCUT2D eigenvalue weighted by Crippen LogP contribution is -2.31. The molecule has 4 aromatic rings. The molecule has 5 rings (SSSR count). The summed E-state index contributed by atoms with van der Waals surface area (Å²) in [5, 5.41) is 6.29. The minimum Gasteiger partial charge on any atom is -0.360 e. The van der Waals surface area contributed by atoms with Crippen molar-refractivity contribution in [1.29, 1.82) is 0 Å². The number of nitrogens with one attached hydrogen (secondary N) is 3. The number of benzene rings is 1. The lowest BCUT2D eigenvalue weighted by atomic mass is 10.1. The molecule has 0 saturated carbocycles. The van der Waals surface area contributed by atoms with Crippen molar-refractivity contribution in [3.8, 4) is 11.3 Å². The second-order valence-electron chi connectivity index (χ2n) is 7.41. The minimum atomic E-state index is -0.0715. The van der Waals surface area contributed by atoms with Gasteiger partial charge in [-0.05, 0) is 26.0 Å². The summed E-state index contributed by atoms with van der Waals surface area (Å²) >= 11 is 0. The average Bonchev–Trinajstić information content (AvgIpc) is 3.20. The van der Waals surface area contributed by atoms with Crippen molar-refractivity contribution in [2.75, 3.05) is 11.9 Å². The van der Waals surface area contributed by atoms with Crippen LogP contribution in [0.2, 0.25) is 0 Å². The van der Waals surface area contributed by atoms with Crippen molar-refractivity contribution >= 4 is 22.8 Å². The van der Waals surface area contributed by atoms with Gasteiger partial charge in [-0.3, -0.25) is 14.8 Å². The molecule has 0 bridgehead atoms. The summed E-state index contributed by atoms with van der Waals surface area (Å²) in [6.07, 6.45) is 5.86. The number of aromatic amines is 1. The monoisotopic (exact) mass is 399 g/mol. The Hall–Kier alpha value is -3.81. The smallest absolute Gasteiger partial charge is 0.253 e. The van der Waals surface area contributed by atoms with E-state index in [2.05, 4.69) is 25.6 Å². The summed E-state index contributed by atoms with van der Waals surface area (Å²) in [6.45, 7) is 4.59. The van der Waals surface area contributed by atoms with E-state index in [-0.39, 0.29) is 11.9 Å². The molecule has 30 heavy (non-hydrogen) atoms. The first-order chi connectivity index (χ1) is 14.6. The number of hydrogen-bond acceptors (Lipinski definition) is 6. The van der Waals surface area contributed by atoms with Gasteiger partial charge < -0.3 is 15.6 Å². The molecule has 1 aromatic carbocycles. The molecule has 1 atom stereocenters. The molecule has 0 spiro atoms. The first-order valence-corrected chi connectivity index (χ1v) is 9.90. The zero-order valence-corrected chi connectivity index (χ0v) is 16.7. The van der Waals surface area contributed by atoms with Gasteiger partial charge in [-0.15, -0.1) is 0 Å². The molecule has 4 heterocycles. The van der Waals surface area contributed by atoms with Gasteiger partial charge in [0, 0.05) is 42.3 Å². The molecule has 3 aromatic heterocycles. The number of rotatable bonds is 4. The Morgan fingerprint density at radius 3 is 2.87 bits per heavy atom. The van der Waals surface area contributed by atoms with E-state index in [9.17, 15) is 4.79 Å². The highest BCUT2D eigenvalue weighted by molar-refractivity contribution is 5.99. The topological polar surface area (TPSA) is 108 Å². The van der Waals surface area contributed by atoms with Crippen LogP contribution in [0.15, 0.2) is 42.9 Å². The lowest BCUT2D eigenvalue weighted by molar-refractivity contribution is 0.0946. The second kappa shape index (κ2) is 7.22. The van der Waals surface area contributed by atoms with E-state index in [1.165, 1.54) is 0 Å². The third-order valence-corrected chi connectivity index (χ3v) is 5.34. The van der Waals surface area contributed by atoms with Gasteiger partial charge in [0.2, 0.25) is 0 Å². The second-order valence-corrected chi connectivity index (χ2v) is 7.41. The molecule has 3 N–H and O–H groups in total. The Morgan fingerprint density at radius 2 is 2.07 bits per heavy atom. The SMILES string of the molecule is Cc1nc2cccc(-c3cc4c([nH]3)CCNC4=O)c2nc1N[C@H](C)c1cnccn1. The van der Waals surface area contributed by atoms with Crippen LogP contribution in [0, 0.1) is 6.92 Å². The first kappa shape index (κ1) is 18.2. The summed E-state index contributed by atoms with van der Waals surface area (Å²) in [6, 6.07) is 7.73. The Balaban J connectivity index is 1.57. The van der Waals surface area contributed by atoms with Gasteiger partial charge in [-0.1, -0.05) is 12.1 Å². The Labute approximate surface area is 173 Å². The number of para-hydroxylation sites is 1. The molecule has 0 radical (unpaired) electrons. The fourth-order valence-electron chi connectivity index (χ4n) is 3.77. The van der Waals surface area contributed by atoms with Crippen LogP contribution in [0.3, 0.4) is 0 Å². The van der Waals surface area contributed by atoms with Crippen LogP contribution < -0.4 is 10.6 Å². The molecule has 8 nitrogen and oxygen atoms in total. The molecule has 1 aliphatic rings. The molecule has 0 fully saturated rings. The van der Waals surface area contributed by atoms with E-state index in [0.717, 1.165) is 45.8 Å². The Morgan fingerprint density at radius 1 is 1.17 bits per heavy atom. The number of nitrogens with zero attached hydrogens (tertiary/aromatic N) is 4. The van der Waals surface area contributed by atoms with E-state index in [1.807, 2.05) is 38.1 Å². The molecular weight excluding hydrogens is 378 g/mol. The molecule has 0 saturated heterocycles. The quantitative estimate of drug-likeness (QED) is 0.486. The number of aryl methyl sites for hydroxylation is 1. The summed E-state index contributed by atoms with van der Waals surface area (Å²) in [4.78, 5) is 33.7. The third kappa shape index (κ3) is 3.16. The van der Waals surface area contributed by atoms with Crippen LogP contribution >= 0.6 is 0 Å². The van der Waals surface area contributed by atoms with E-state index >= 15 is 0 Å². The van der Waals surface area contributed by atoms with Gasteiger partial charge in [-0.2, -0.15) is 0 Å². The highest BCUT2D eigenvalue weighted by Gasteiger charge is 2.21. The van der Waals surface area contributed by atoms with Crippen molar-refractivity contribution in [3.63, 3.8) is 0 Å². The number of aromatic nitrogens is 5. The number of anilines is 1. The molecule has 1 amide bonds. The number of H-pyrrole nitrogens is 1. The van der Waals surface area contributed by atoms with Crippen LogP contribution in [0.4, 0.5) is 5.82 Å². The Bertz CT molecular complexity index is 1250. The van der Waals surface area contributed by atoms with Crippen LogP contribution in [-0.4, -0.2) is 37.4 Å². The maximum absolute atomic E-state index is 12.2. The van der Waals surface area contributed by atoms with Gasteiger partial charge in [0.15, 0.2) is 0 Å². The van der Waals surface area contributed by atoms with Gasteiger partial charge in [0.1, 0.15) is 11.3 Å². The number of amides is 1. The molecule has 150 valence electrons. The van der Waals surface area contributed by atoms with Crippen LogP contribution in [0.1, 0.15) is 40.4 Å². The zero-order chi connectivity index (χ0) is 20.7.